The van der Waals surface area contributed by atoms with Crippen LogP contribution in [0, 0.1) is 6.42 Å². The average Bonchev–Trinajstić information content (AvgIpc) is 2.24. The summed E-state index contributed by atoms with van der Waals surface area (Å²) in [5.41, 5.74) is 0. The molecule has 2 aliphatic rings. The van der Waals surface area contributed by atoms with Gasteiger partial charge in [0.25, 0.3) is 0 Å². The van der Waals surface area contributed by atoms with E-state index in [4.69, 9.17) is 0 Å². The Kier molecular flexibility index (Phi) is 17.7. The summed E-state index contributed by atoms with van der Waals surface area (Å²) in [5, 5.41) is 0. The second-order valence-electron chi connectivity index (χ2n) is 4.62. The van der Waals surface area contributed by atoms with Crippen molar-refractivity contribution in [1.29, 1.82) is 0 Å². The molecule has 0 heterocycles. The zero-order chi connectivity index (χ0) is 15.8. The van der Waals surface area contributed by atoms with Crippen LogP contribution < -0.4 is 0 Å². The van der Waals surface area contributed by atoms with E-state index in [0.29, 0.717) is 0 Å². The van der Waals surface area contributed by atoms with Crippen LogP contribution in [0.15, 0.2) is 48.6 Å². The number of rotatable bonds is 0. The van der Waals surface area contributed by atoms with Crippen LogP contribution in [0.1, 0.15) is 44.9 Å². The van der Waals surface area contributed by atoms with Gasteiger partial charge in [-0.25, -0.2) is 18.6 Å². The van der Waals surface area contributed by atoms with E-state index in [9.17, 15) is 17.3 Å². The summed E-state index contributed by atoms with van der Waals surface area (Å²) in [6, 6.07) is 0. The molecule has 6 heteroatoms. The van der Waals surface area contributed by atoms with Crippen LogP contribution in [-0.4, -0.2) is 7.25 Å². The number of allylic oxidation sites excluding steroid dienone is 8. The van der Waals surface area contributed by atoms with Gasteiger partial charge in [0.2, 0.25) is 0 Å². The Bertz CT molecular complexity index is 285. The average molecular weight is 405 g/mol. The van der Waals surface area contributed by atoms with E-state index in [1.807, 2.05) is 0 Å². The fraction of sp³-hybridized carbons (Fsp3) is 0.438. The first kappa shape index (κ1) is 23.5. The van der Waals surface area contributed by atoms with E-state index in [2.05, 4.69) is 55.0 Å². The molecule has 2 rings (SSSR count). The van der Waals surface area contributed by atoms with Gasteiger partial charge < -0.3 is 17.3 Å². The van der Waals surface area contributed by atoms with E-state index < -0.39 is 7.25 Å². The monoisotopic (exact) mass is 405 g/mol. The van der Waals surface area contributed by atoms with Crippen molar-refractivity contribution < 1.29 is 36.7 Å². The first-order valence-electron chi connectivity index (χ1n) is 7.34. The van der Waals surface area contributed by atoms with Crippen LogP contribution >= 0.6 is 0 Å². The predicted octanol–water partition coefficient (Wildman–Crippen LogP) is 6.46. The molecule has 0 saturated heterocycles. The van der Waals surface area contributed by atoms with E-state index >= 15 is 0 Å². The molecular formula is C16H23BF4Rh. The first-order chi connectivity index (χ1) is 10.0. The van der Waals surface area contributed by atoms with E-state index in [1.54, 1.807) is 0 Å². The Hall–Kier alpha value is -0.762. The van der Waals surface area contributed by atoms with Crippen molar-refractivity contribution in [3.8, 4) is 0 Å². The smallest absolute Gasteiger partial charge is 0.418 e. The van der Waals surface area contributed by atoms with Gasteiger partial charge in [0.1, 0.15) is 0 Å². The molecule has 0 spiro atoms. The molecule has 0 nitrogen and oxygen atoms in total. The molecule has 0 saturated carbocycles. The van der Waals surface area contributed by atoms with Gasteiger partial charge in [-0.2, -0.15) is 0 Å². The van der Waals surface area contributed by atoms with Crippen molar-refractivity contribution in [2.24, 2.45) is 0 Å². The topological polar surface area (TPSA) is 0 Å². The molecule has 0 fully saturated rings. The van der Waals surface area contributed by atoms with Crippen molar-refractivity contribution >= 4 is 7.25 Å². The SMILES string of the molecule is C1=CCCCCC=C1.C1=C\[CH-]CCC\C=C/1.F[B-](F)(F)F.[Rh+2]. The maximum Gasteiger partial charge on any atom is 2.00 e. The predicted molar refractivity (Wildman–Crippen MR) is 83.4 cm³/mol. The fourth-order valence-corrected chi connectivity index (χ4v) is 1.64. The van der Waals surface area contributed by atoms with Gasteiger partial charge in [0, 0.05) is 0 Å². The second kappa shape index (κ2) is 16.6. The fourth-order valence-electron chi connectivity index (χ4n) is 1.64. The van der Waals surface area contributed by atoms with Crippen LogP contribution in [0.2, 0.25) is 0 Å². The Balaban J connectivity index is 0. The van der Waals surface area contributed by atoms with Crippen LogP contribution in [0.4, 0.5) is 17.3 Å². The molecule has 0 aliphatic heterocycles. The molecule has 1 radical (unpaired) electrons. The third-order valence-corrected chi connectivity index (χ3v) is 2.61. The zero-order valence-electron chi connectivity index (χ0n) is 12.6. The van der Waals surface area contributed by atoms with Gasteiger partial charge >= 0.3 is 26.7 Å². The minimum absolute atomic E-state index is 0. The molecule has 22 heavy (non-hydrogen) atoms. The van der Waals surface area contributed by atoms with Gasteiger partial charge in [-0.1, -0.05) is 30.7 Å². The summed E-state index contributed by atoms with van der Waals surface area (Å²) in [5.74, 6) is 0. The molecule has 0 unspecified atom stereocenters. The number of hydrogen-bond donors (Lipinski definition) is 0. The van der Waals surface area contributed by atoms with Crippen LogP contribution in [0.25, 0.3) is 0 Å². The van der Waals surface area contributed by atoms with Crippen LogP contribution in [0.5, 0.6) is 0 Å². The van der Waals surface area contributed by atoms with Gasteiger partial charge in [0.15, 0.2) is 0 Å². The minimum atomic E-state index is -6.00. The third kappa shape index (κ3) is 27.6. The quantitative estimate of drug-likeness (QED) is 0.247. The first-order valence-corrected chi connectivity index (χ1v) is 7.34. The molecule has 0 amide bonds. The molecule has 0 bridgehead atoms. The standard InChI is InChI=1S/C8H12.C8H11.BF4.Rh/c2*1-2-4-6-8-7-5-3-1;2-1(3,4)5;/h1-4H,5-8H2;1-5H,6-8H2;;/q;2*-1;+2/b;2-1-,5-3-;;. The van der Waals surface area contributed by atoms with Gasteiger partial charge in [0.05, 0.1) is 0 Å². The van der Waals surface area contributed by atoms with Gasteiger partial charge in [-0.15, -0.1) is 18.6 Å². The molecule has 0 aromatic rings. The minimum Gasteiger partial charge on any atom is -0.418 e. The van der Waals surface area contributed by atoms with Crippen LogP contribution in [0.3, 0.4) is 0 Å². The molecule has 127 valence electrons. The van der Waals surface area contributed by atoms with Gasteiger partial charge in [-0.3, -0.25) is 0 Å². The van der Waals surface area contributed by atoms with Gasteiger partial charge in [-0.05, 0) is 32.1 Å². The summed E-state index contributed by atoms with van der Waals surface area (Å²) >= 11 is 0. The Morgan fingerprint density at radius 2 is 1.09 bits per heavy atom. The summed E-state index contributed by atoms with van der Waals surface area (Å²) in [4.78, 5) is 0. The maximum absolute atomic E-state index is 9.75. The largest absolute Gasteiger partial charge is 2.00 e. The Morgan fingerprint density at radius 3 is 1.59 bits per heavy atom. The Labute approximate surface area is 144 Å². The summed E-state index contributed by atoms with van der Waals surface area (Å²) in [7, 11) is -6.00. The van der Waals surface area contributed by atoms with Crippen molar-refractivity contribution in [3.05, 3.63) is 55.0 Å². The van der Waals surface area contributed by atoms with E-state index in [-0.39, 0.29) is 19.5 Å². The van der Waals surface area contributed by atoms with Crippen LogP contribution in [-0.2, 0) is 19.5 Å². The Morgan fingerprint density at radius 1 is 0.682 bits per heavy atom. The molecule has 0 atom stereocenters. The molecule has 0 aromatic carbocycles. The van der Waals surface area contributed by atoms with E-state index in [1.165, 1.54) is 44.9 Å². The third-order valence-electron chi connectivity index (χ3n) is 2.61. The normalized spacial score (nSPS) is 19.8. The molecular weight excluding hydrogens is 382 g/mol. The molecule has 0 N–H and O–H groups in total. The summed E-state index contributed by atoms with van der Waals surface area (Å²) < 4.78 is 39.0. The van der Waals surface area contributed by atoms with Crippen molar-refractivity contribution in [1.82, 2.24) is 0 Å². The second-order valence-corrected chi connectivity index (χ2v) is 4.62. The molecule has 0 aromatic heterocycles. The molecule has 2 aliphatic carbocycles. The van der Waals surface area contributed by atoms with Crippen molar-refractivity contribution in [2.45, 2.75) is 44.9 Å². The van der Waals surface area contributed by atoms with Crippen molar-refractivity contribution in [3.63, 3.8) is 0 Å². The van der Waals surface area contributed by atoms with E-state index in [0.717, 1.165) is 0 Å². The summed E-state index contributed by atoms with van der Waals surface area (Å²) in [6.45, 7) is 0. The zero-order valence-corrected chi connectivity index (χ0v) is 14.2. The summed E-state index contributed by atoms with van der Waals surface area (Å²) in [6.07, 6.45) is 28.5. The number of halogens is 4. The van der Waals surface area contributed by atoms with Crippen molar-refractivity contribution in [2.75, 3.05) is 0 Å². The maximum atomic E-state index is 9.75. The number of hydrogen-bond acceptors (Lipinski definition) is 0.